The lowest BCUT2D eigenvalue weighted by molar-refractivity contribution is -0.169. The van der Waals surface area contributed by atoms with Gasteiger partial charge in [-0.25, -0.2) is 56.2 Å². The molecular formula is C34H48N6O19. The molecule has 0 spiro atoms. The summed E-state index contributed by atoms with van der Waals surface area (Å²) in [6.45, 7) is -1.48. The van der Waals surface area contributed by atoms with Crippen LogP contribution in [0.3, 0.4) is 0 Å². The van der Waals surface area contributed by atoms with Gasteiger partial charge in [0.1, 0.15) is 25.9 Å². The van der Waals surface area contributed by atoms with Gasteiger partial charge in [-0.15, -0.1) is 0 Å². The van der Waals surface area contributed by atoms with E-state index in [4.69, 9.17) is 23.7 Å². The van der Waals surface area contributed by atoms with E-state index >= 15 is 0 Å². The number of aliphatic hydroxyl groups excluding tert-OH is 3. The molecule has 0 saturated carbocycles. The van der Waals surface area contributed by atoms with Crippen molar-refractivity contribution in [2.45, 2.75) is 96.8 Å². The first-order chi connectivity index (χ1) is 28.0. The van der Waals surface area contributed by atoms with Crippen LogP contribution in [0, 0.1) is 11.8 Å². The Labute approximate surface area is 332 Å². The van der Waals surface area contributed by atoms with Gasteiger partial charge in [-0.2, -0.15) is 0 Å². The van der Waals surface area contributed by atoms with Crippen LogP contribution in [0.1, 0.15) is 33.1 Å². The van der Waals surface area contributed by atoms with E-state index in [1.807, 2.05) is 0 Å². The minimum Gasteiger partial charge on any atom is -0.469 e. The number of carbonyl (C=O) groups excluding carboxylic acids is 4. The van der Waals surface area contributed by atoms with Crippen LogP contribution in [-0.2, 0) is 86.9 Å². The Morgan fingerprint density at radius 2 is 1.10 bits per heavy atom. The third kappa shape index (κ3) is 12.3. The number of rotatable bonds is 24. The quantitative estimate of drug-likeness (QED) is 0.0503. The average Bonchev–Trinajstić information content (AvgIpc) is 4.15. The highest BCUT2D eigenvalue weighted by Crippen LogP contribution is 2.25. The molecule has 2 fully saturated rings. The zero-order valence-electron chi connectivity index (χ0n) is 32.6. The molecule has 4 rings (SSSR count). The molecule has 2 aliphatic rings. The van der Waals surface area contributed by atoms with Gasteiger partial charge in [0.2, 0.25) is 0 Å². The number of methoxy groups -OCH3 is 1. The lowest BCUT2D eigenvalue weighted by atomic mass is 9.86. The van der Waals surface area contributed by atoms with Crippen molar-refractivity contribution < 1.29 is 62.9 Å². The molecule has 2 aliphatic heterocycles. The van der Waals surface area contributed by atoms with Crippen molar-refractivity contribution in [1.82, 2.24) is 27.4 Å². The fourth-order valence-corrected chi connectivity index (χ4v) is 5.88. The van der Waals surface area contributed by atoms with E-state index in [1.165, 1.54) is 6.92 Å². The first-order valence-corrected chi connectivity index (χ1v) is 18.7. The van der Waals surface area contributed by atoms with Crippen molar-refractivity contribution in [2.24, 2.45) is 11.8 Å². The van der Waals surface area contributed by atoms with Gasteiger partial charge in [-0.3, -0.25) is 19.2 Å². The number of aromatic nitrogens is 6. The summed E-state index contributed by atoms with van der Waals surface area (Å²) in [5.41, 5.74) is -6.08. The lowest BCUT2D eigenvalue weighted by Gasteiger charge is -2.24. The summed E-state index contributed by atoms with van der Waals surface area (Å²) in [5, 5.41) is 29.9. The number of hydrogen-bond donors (Lipinski definition) is 3. The fraction of sp³-hybridized carbons (Fsp3) is 0.706. The first kappa shape index (κ1) is 46.2. The number of carbonyl (C=O) groups is 4. The van der Waals surface area contributed by atoms with E-state index in [2.05, 4.69) is 4.74 Å². The summed E-state index contributed by atoms with van der Waals surface area (Å²) in [4.78, 5) is 130. The maximum atomic E-state index is 13.6. The monoisotopic (exact) mass is 844 g/mol. The van der Waals surface area contributed by atoms with Crippen molar-refractivity contribution in [1.29, 1.82) is 0 Å². The molecule has 0 radical (unpaired) electrons. The van der Waals surface area contributed by atoms with Crippen molar-refractivity contribution in [3.05, 3.63) is 62.9 Å². The molecule has 2 saturated heterocycles. The van der Waals surface area contributed by atoms with Crippen molar-refractivity contribution in [2.75, 3.05) is 46.8 Å². The smallest absolute Gasteiger partial charge is 0.336 e. The number of ether oxygens (including phenoxy) is 6. The predicted octanol–water partition coefficient (Wildman–Crippen LogP) is -5.89. The number of epoxide rings is 2. The van der Waals surface area contributed by atoms with Crippen LogP contribution in [-0.4, -0.2) is 138 Å². The van der Waals surface area contributed by atoms with Gasteiger partial charge in [-0.1, -0.05) is 6.92 Å². The Bertz CT molecular complexity index is 2110. The van der Waals surface area contributed by atoms with Crippen molar-refractivity contribution in [3.8, 4) is 0 Å². The maximum absolute atomic E-state index is 13.6. The molecule has 25 nitrogen and oxygen atoms in total. The van der Waals surface area contributed by atoms with Crippen LogP contribution in [0.15, 0.2) is 28.8 Å². The van der Waals surface area contributed by atoms with Gasteiger partial charge >= 0.3 is 58.0 Å². The Hall–Kier alpha value is -5.50. The molecule has 328 valence electrons. The summed E-state index contributed by atoms with van der Waals surface area (Å²) in [6.07, 6.45) is -5.38. The third-order valence-electron chi connectivity index (χ3n) is 9.07. The number of esters is 4. The molecule has 3 N–H and O–H groups in total. The van der Waals surface area contributed by atoms with Crippen LogP contribution in [0.25, 0.3) is 0 Å². The zero-order chi connectivity index (χ0) is 43.6. The second kappa shape index (κ2) is 21.0. The average molecular weight is 845 g/mol. The van der Waals surface area contributed by atoms with Crippen LogP contribution in [0.5, 0.6) is 0 Å². The zero-order valence-corrected chi connectivity index (χ0v) is 32.6. The van der Waals surface area contributed by atoms with Crippen LogP contribution >= 0.6 is 0 Å². The highest BCUT2D eigenvalue weighted by atomic mass is 16.6. The summed E-state index contributed by atoms with van der Waals surface area (Å²) in [7, 11) is 0.970. The molecule has 0 bridgehead atoms. The van der Waals surface area contributed by atoms with Gasteiger partial charge in [-0.05, 0) is 13.3 Å². The van der Waals surface area contributed by atoms with Crippen LogP contribution < -0.4 is 34.1 Å². The molecule has 2 aromatic rings. The van der Waals surface area contributed by atoms with Crippen LogP contribution in [0.4, 0.5) is 0 Å². The Kier molecular flexibility index (Phi) is 16.4. The minimum atomic E-state index is -1.85. The highest BCUT2D eigenvalue weighted by molar-refractivity contribution is 5.88. The molecule has 0 amide bonds. The van der Waals surface area contributed by atoms with E-state index in [-0.39, 0.29) is 32.8 Å². The van der Waals surface area contributed by atoms with Gasteiger partial charge in [0.05, 0.1) is 103 Å². The lowest BCUT2D eigenvalue weighted by Crippen LogP contribution is -2.56. The Morgan fingerprint density at radius 1 is 0.661 bits per heavy atom. The fourth-order valence-electron chi connectivity index (χ4n) is 5.88. The second-order valence-corrected chi connectivity index (χ2v) is 13.8. The summed E-state index contributed by atoms with van der Waals surface area (Å²) in [6, 6.07) is 0. The van der Waals surface area contributed by atoms with E-state index < -0.39 is 153 Å². The maximum Gasteiger partial charge on any atom is 0.336 e. The normalized spacial score (nSPS) is 17.7. The molecule has 4 heterocycles. The third-order valence-corrected chi connectivity index (χ3v) is 9.07. The molecule has 25 heteroatoms. The van der Waals surface area contributed by atoms with E-state index in [9.17, 15) is 63.3 Å². The van der Waals surface area contributed by atoms with Gasteiger partial charge < -0.3 is 43.7 Å². The summed E-state index contributed by atoms with van der Waals surface area (Å²) in [5.74, 6) is -8.57. The Balaban J connectivity index is 1.53. The minimum absolute atomic E-state index is 0.0622. The summed E-state index contributed by atoms with van der Waals surface area (Å²) < 4.78 is 34.4. The topological polar surface area (TPSA) is 323 Å². The predicted molar refractivity (Wildman–Crippen MR) is 194 cm³/mol. The van der Waals surface area contributed by atoms with Gasteiger partial charge in [0.15, 0.2) is 0 Å². The van der Waals surface area contributed by atoms with Crippen LogP contribution in [0.2, 0.25) is 0 Å². The van der Waals surface area contributed by atoms with E-state index in [0.717, 1.165) is 20.8 Å². The number of aliphatic hydroxyl groups is 3. The number of nitrogens with zero attached hydrogens (tertiary/aromatic N) is 6. The largest absolute Gasteiger partial charge is 0.469 e. The van der Waals surface area contributed by atoms with Crippen molar-refractivity contribution in [3.63, 3.8) is 0 Å². The SMILES string of the molecule is CCCn1c(=O)n(CCO)c(=O)n(CCOC(=O)CC(C(=O)OCC(C)O)C(CC(=O)OC)C(=O)OCC(O)Cn2c(=O)n(CC3CO3)c(=O)n(CC3CO3)c2=O)c1=O. The first-order valence-electron chi connectivity index (χ1n) is 18.7. The molecule has 6 unspecified atom stereocenters. The molecular weight excluding hydrogens is 796 g/mol. The Morgan fingerprint density at radius 3 is 1.56 bits per heavy atom. The van der Waals surface area contributed by atoms with E-state index in [0.29, 0.717) is 20.1 Å². The van der Waals surface area contributed by atoms with E-state index in [1.54, 1.807) is 6.92 Å². The van der Waals surface area contributed by atoms with Crippen molar-refractivity contribution >= 4 is 23.9 Å². The summed E-state index contributed by atoms with van der Waals surface area (Å²) >= 11 is 0. The molecule has 6 atom stereocenters. The van der Waals surface area contributed by atoms with Gasteiger partial charge in [0, 0.05) is 6.54 Å². The highest BCUT2D eigenvalue weighted by Gasteiger charge is 2.40. The molecule has 0 aromatic carbocycles. The molecule has 59 heavy (non-hydrogen) atoms. The molecule has 2 aromatic heterocycles. The standard InChI is InChI=1S/C34H48N6O19/c1-4-5-35-29(48)36(6-8-41)31(50)37(30(35)49)7-9-55-26(45)11-24(27(46)58-15-19(2)42)23(10-25(44)54-3)28(47)59-16-20(43)12-38-32(51)39(13-21-17-56-21)34(53)40(33(38)52)14-22-18-57-22/h19-24,41-43H,4-18H2,1-3H3. The second-order valence-electron chi connectivity index (χ2n) is 13.8. The molecule has 0 aliphatic carbocycles. The number of hydrogen-bond acceptors (Lipinski definition) is 19. The van der Waals surface area contributed by atoms with Gasteiger partial charge in [0.25, 0.3) is 0 Å².